The minimum Gasteiger partial charge on any atom is -0.390 e. The van der Waals surface area contributed by atoms with Crippen molar-refractivity contribution in [2.24, 2.45) is 5.92 Å². The third-order valence-electron chi connectivity index (χ3n) is 2.29. The molecule has 0 bridgehead atoms. The first kappa shape index (κ1) is 8.93. The Morgan fingerprint density at radius 1 is 0.909 bits per heavy atom. The molecule has 0 radical (unpaired) electrons. The lowest BCUT2D eigenvalue weighted by Gasteiger charge is -2.36. The van der Waals surface area contributed by atoms with Crippen LogP contribution in [0, 0.1) is 5.92 Å². The molecule has 0 amide bonds. The molecule has 0 saturated heterocycles. The molecule has 0 aromatic carbocycles. The predicted molar refractivity (Wildman–Crippen MR) is 37.8 cm³/mol. The second-order valence-electron chi connectivity index (χ2n) is 3.25. The zero-order chi connectivity index (χ0) is 8.59. The van der Waals surface area contributed by atoms with Gasteiger partial charge in [-0.25, -0.2) is 0 Å². The van der Waals surface area contributed by atoms with Crippen LogP contribution in [-0.4, -0.2) is 44.8 Å². The lowest BCUT2D eigenvalue weighted by Crippen LogP contribution is -2.52. The summed E-state index contributed by atoms with van der Waals surface area (Å²) < 4.78 is 0. The summed E-state index contributed by atoms with van der Waals surface area (Å²) in [6.07, 6.45) is -3.92. The van der Waals surface area contributed by atoms with Crippen LogP contribution < -0.4 is 0 Å². The summed E-state index contributed by atoms with van der Waals surface area (Å²) in [5, 5.41) is 36.5. The quantitative estimate of drug-likeness (QED) is 0.348. The molecular weight excluding hydrogens is 148 g/mol. The Hall–Kier alpha value is -0.160. The van der Waals surface area contributed by atoms with E-state index in [0.29, 0.717) is 6.42 Å². The van der Waals surface area contributed by atoms with Gasteiger partial charge in [0.25, 0.3) is 0 Å². The van der Waals surface area contributed by atoms with Gasteiger partial charge in [0, 0.05) is 0 Å². The van der Waals surface area contributed by atoms with Crippen LogP contribution in [0.3, 0.4) is 0 Å². The highest BCUT2D eigenvalue weighted by molar-refractivity contribution is 4.90. The number of hydrogen-bond donors (Lipinski definition) is 4. The van der Waals surface area contributed by atoms with Crippen molar-refractivity contribution in [1.82, 2.24) is 0 Å². The van der Waals surface area contributed by atoms with E-state index in [4.69, 9.17) is 15.3 Å². The van der Waals surface area contributed by atoms with Gasteiger partial charge in [0.05, 0.1) is 12.2 Å². The molecule has 4 N–H and O–H groups in total. The largest absolute Gasteiger partial charge is 0.390 e. The van der Waals surface area contributed by atoms with Crippen LogP contribution in [-0.2, 0) is 0 Å². The second kappa shape index (κ2) is 3.06. The van der Waals surface area contributed by atoms with E-state index in [1.807, 2.05) is 0 Å². The van der Waals surface area contributed by atoms with Gasteiger partial charge < -0.3 is 20.4 Å². The Labute approximate surface area is 65.1 Å². The van der Waals surface area contributed by atoms with Gasteiger partial charge in [-0.15, -0.1) is 0 Å². The third-order valence-corrected chi connectivity index (χ3v) is 2.29. The highest BCUT2D eigenvalue weighted by atomic mass is 16.4. The molecular formula is C7H14O4. The van der Waals surface area contributed by atoms with Crippen molar-refractivity contribution in [3.05, 3.63) is 0 Å². The van der Waals surface area contributed by atoms with Gasteiger partial charge in [0.1, 0.15) is 12.2 Å². The predicted octanol–water partition coefficient (Wildman–Crippen LogP) is -1.53. The Morgan fingerprint density at radius 2 is 1.45 bits per heavy atom. The maximum Gasteiger partial charge on any atom is 0.108 e. The van der Waals surface area contributed by atoms with Gasteiger partial charge in [0.2, 0.25) is 0 Å². The SMILES string of the molecule is C[C@H]1C[C@H](O)[C@@H](O)[C@@H](O)[C@@H]1O. The Kier molecular flexibility index (Phi) is 2.49. The topological polar surface area (TPSA) is 80.9 Å². The van der Waals surface area contributed by atoms with Gasteiger partial charge in [-0.1, -0.05) is 6.92 Å². The molecule has 0 spiro atoms. The Balaban J connectivity index is 2.63. The molecule has 0 aromatic rings. The van der Waals surface area contributed by atoms with Crippen molar-refractivity contribution in [3.8, 4) is 0 Å². The molecule has 0 aliphatic heterocycles. The highest BCUT2D eigenvalue weighted by Gasteiger charge is 2.39. The average Bonchev–Trinajstić information content (AvgIpc) is 1.97. The fraction of sp³-hybridized carbons (Fsp3) is 1.00. The Bertz CT molecular complexity index is 124. The van der Waals surface area contributed by atoms with E-state index in [1.165, 1.54) is 0 Å². The summed E-state index contributed by atoms with van der Waals surface area (Å²) in [7, 11) is 0. The van der Waals surface area contributed by atoms with E-state index in [2.05, 4.69) is 0 Å². The van der Waals surface area contributed by atoms with Crippen molar-refractivity contribution in [3.63, 3.8) is 0 Å². The highest BCUT2D eigenvalue weighted by Crippen LogP contribution is 2.24. The van der Waals surface area contributed by atoms with Gasteiger partial charge in [-0.2, -0.15) is 0 Å². The summed E-state index contributed by atoms with van der Waals surface area (Å²) in [5.41, 5.74) is 0. The van der Waals surface area contributed by atoms with E-state index >= 15 is 0 Å². The molecule has 1 aliphatic rings. The van der Waals surface area contributed by atoms with Crippen LogP contribution in [0.5, 0.6) is 0 Å². The maximum absolute atomic E-state index is 9.21. The third kappa shape index (κ3) is 1.54. The molecule has 4 nitrogen and oxygen atoms in total. The first-order valence-electron chi connectivity index (χ1n) is 3.76. The van der Waals surface area contributed by atoms with E-state index in [1.54, 1.807) is 6.92 Å². The number of aliphatic hydroxyl groups excluding tert-OH is 4. The fourth-order valence-corrected chi connectivity index (χ4v) is 1.43. The maximum atomic E-state index is 9.21. The molecule has 0 aromatic heterocycles. The van der Waals surface area contributed by atoms with Crippen LogP contribution in [0.2, 0.25) is 0 Å². The first-order chi connectivity index (χ1) is 5.04. The van der Waals surface area contributed by atoms with Crippen LogP contribution in [0.1, 0.15) is 13.3 Å². The van der Waals surface area contributed by atoms with Crippen LogP contribution in [0.25, 0.3) is 0 Å². The number of aliphatic hydroxyl groups is 4. The van der Waals surface area contributed by atoms with Crippen LogP contribution in [0.4, 0.5) is 0 Å². The van der Waals surface area contributed by atoms with Crippen molar-refractivity contribution in [1.29, 1.82) is 0 Å². The molecule has 66 valence electrons. The molecule has 5 atom stereocenters. The van der Waals surface area contributed by atoms with E-state index < -0.39 is 24.4 Å². The van der Waals surface area contributed by atoms with Gasteiger partial charge in [-0.05, 0) is 12.3 Å². The van der Waals surface area contributed by atoms with E-state index in [0.717, 1.165) is 0 Å². The normalized spacial score (nSPS) is 52.6. The van der Waals surface area contributed by atoms with Crippen molar-refractivity contribution in [2.45, 2.75) is 37.8 Å². The standard InChI is InChI=1S/C7H14O4/c1-3-2-4(8)6(10)7(11)5(3)9/h3-11H,2H2,1H3/t3-,4-,5+,6+,7-/m0/s1. The zero-order valence-corrected chi connectivity index (χ0v) is 6.38. The zero-order valence-electron chi connectivity index (χ0n) is 6.38. The molecule has 0 heterocycles. The van der Waals surface area contributed by atoms with Crippen molar-refractivity contribution < 1.29 is 20.4 Å². The van der Waals surface area contributed by atoms with Gasteiger partial charge >= 0.3 is 0 Å². The summed E-state index contributed by atoms with van der Waals surface area (Å²) in [6, 6.07) is 0. The van der Waals surface area contributed by atoms with Gasteiger partial charge in [0.15, 0.2) is 0 Å². The van der Waals surface area contributed by atoms with Gasteiger partial charge in [-0.3, -0.25) is 0 Å². The molecule has 1 aliphatic carbocycles. The monoisotopic (exact) mass is 162 g/mol. The van der Waals surface area contributed by atoms with Crippen LogP contribution in [0.15, 0.2) is 0 Å². The molecule has 1 fully saturated rings. The summed E-state index contributed by atoms with van der Waals surface area (Å²) in [5.74, 6) is -0.164. The lowest BCUT2D eigenvalue weighted by atomic mass is 9.82. The summed E-state index contributed by atoms with van der Waals surface area (Å²) in [6.45, 7) is 1.73. The minimum atomic E-state index is -1.21. The van der Waals surface area contributed by atoms with E-state index in [9.17, 15) is 5.11 Å². The first-order valence-corrected chi connectivity index (χ1v) is 3.76. The lowest BCUT2D eigenvalue weighted by molar-refractivity contribution is -0.154. The Morgan fingerprint density at radius 3 is 2.00 bits per heavy atom. The minimum absolute atomic E-state index is 0.164. The molecule has 4 heteroatoms. The van der Waals surface area contributed by atoms with Crippen LogP contribution >= 0.6 is 0 Å². The second-order valence-corrected chi connectivity index (χ2v) is 3.25. The molecule has 1 saturated carbocycles. The van der Waals surface area contributed by atoms with Crippen molar-refractivity contribution >= 4 is 0 Å². The average molecular weight is 162 g/mol. The smallest absolute Gasteiger partial charge is 0.108 e. The number of rotatable bonds is 0. The summed E-state index contributed by atoms with van der Waals surface area (Å²) >= 11 is 0. The molecule has 0 unspecified atom stereocenters. The fourth-order valence-electron chi connectivity index (χ4n) is 1.43. The number of hydrogen-bond acceptors (Lipinski definition) is 4. The molecule has 11 heavy (non-hydrogen) atoms. The summed E-state index contributed by atoms with van der Waals surface area (Å²) in [4.78, 5) is 0. The van der Waals surface area contributed by atoms with E-state index in [-0.39, 0.29) is 5.92 Å². The van der Waals surface area contributed by atoms with Crippen molar-refractivity contribution in [2.75, 3.05) is 0 Å². The molecule has 1 rings (SSSR count).